The fraction of sp³-hybridized carbons (Fsp3) is 0.222. The molecule has 0 amide bonds. The van der Waals surface area contributed by atoms with Crippen LogP contribution >= 0.6 is 34.8 Å². The number of benzene rings is 2. The molecule has 0 saturated carbocycles. The predicted octanol–water partition coefficient (Wildman–Crippen LogP) is 6.83. The molecule has 1 atom stereocenters. The first kappa shape index (κ1) is 18.6. The maximum absolute atomic E-state index is 13.9. The average molecular weight is 408 g/mol. The van der Waals surface area contributed by atoms with Gasteiger partial charge in [-0.05, 0) is 59.5 Å². The first-order chi connectivity index (χ1) is 11.6. The minimum Gasteiger partial charge on any atom is -0.352 e. The number of hydrogen-bond acceptors (Lipinski definition) is 1. The summed E-state index contributed by atoms with van der Waals surface area (Å²) in [4.78, 5) is 0. The van der Waals surface area contributed by atoms with Crippen molar-refractivity contribution in [3.05, 3.63) is 74.2 Å². The molecule has 7 heteroatoms. The van der Waals surface area contributed by atoms with Crippen LogP contribution in [0.4, 0.5) is 13.2 Å². The number of aryl methyl sites for hydroxylation is 1. The molecular formula is C18H12Cl3F3O. The van der Waals surface area contributed by atoms with Crippen LogP contribution in [0, 0.1) is 6.92 Å². The molecule has 0 aliphatic carbocycles. The number of alkyl halides is 3. The summed E-state index contributed by atoms with van der Waals surface area (Å²) < 4.78 is 47.0. The summed E-state index contributed by atoms with van der Waals surface area (Å²) in [7, 11) is 0. The van der Waals surface area contributed by atoms with E-state index < -0.39 is 11.8 Å². The van der Waals surface area contributed by atoms with Gasteiger partial charge in [0.15, 0.2) is 0 Å². The molecule has 0 bridgehead atoms. The van der Waals surface area contributed by atoms with E-state index in [2.05, 4.69) is 0 Å². The van der Waals surface area contributed by atoms with Crippen LogP contribution in [-0.2, 0) is 10.3 Å². The molecule has 0 spiro atoms. The molecule has 0 N–H and O–H groups in total. The summed E-state index contributed by atoms with van der Waals surface area (Å²) in [5, 5.41) is 0.693. The summed E-state index contributed by atoms with van der Waals surface area (Å²) >= 11 is 17.9. The van der Waals surface area contributed by atoms with Crippen molar-refractivity contribution >= 4 is 40.4 Å². The molecule has 0 aromatic heterocycles. The molecule has 132 valence electrons. The number of ether oxygens (including phenoxy) is 1. The Morgan fingerprint density at radius 3 is 2.20 bits per heavy atom. The van der Waals surface area contributed by atoms with Crippen LogP contribution in [0.15, 0.2) is 42.5 Å². The molecule has 0 fully saturated rings. The van der Waals surface area contributed by atoms with Gasteiger partial charge in [-0.2, -0.15) is 13.2 Å². The average Bonchev–Trinajstić information content (AvgIpc) is 2.95. The van der Waals surface area contributed by atoms with E-state index in [4.69, 9.17) is 39.5 Å². The second-order valence-corrected chi connectivity index (χ2v) is 7.09. The minimum atomic E-state index is -4.68. The van der Waals surface area contributed by atoms with Gasteiger partial charge in [0, 0.05) is 15.1 Å². The molecule has 25 heavy (non-hydrogen) atoms. The van der Waals surface area contributed by atoms with Crippen LogP contribution in [0.5, 0.6) is 0 Å². The third-order valence-electron chi connectivity index (χ3n) is 4.09. The lowest BCUT2D eigenvalue weighted by Crippen LogP contribution is -2.41. The zero-order chi connectivity index (χ0) is 18.4. The van der Waals surface area contributed by atoms with Crippen LogP contribution < -0.4 is 0 Å². The Labute approximate surface area is 158 Å². The van der Waals surface area contributed by atoms with Crippen molar-refractivity contribution in [2.45, 2.75) is 18.7 Å². The van der Waals surface area contributed by atoms with E-state index in [-0.39, 0.29) is 22.2 Å². The standard InChI is InChI=1S/C18H12Cl3F3O/c1-10-2-3-11(4-16(10)21)12-8-17(25-9-12,18(22,23)24)13-5-14(19)7-15(20)6-13/h2-8H,9H2,1H3. The maximum atomic E-state index is 13.9. The number of halogens is 6. The van der Waals surface area contributed by atoms with Gasteiger partial charge >= 0.3 is 6.18 Å². The zero-order valence-electron chi connectivity index (χ0n) is 12.9. The monoisotopic (exact) mass is 406 g/mol. The smallest absolute Gasteiger partial charge is 0.352 e. The summed E-state index contributed by atoms with van der Waals surface area (Å²) in [6.07, 6.45) is -3.62. The van der Waals surface area contributed by atoms with Crippen molar-refractivity contribution in [1.82, 2.24) is 0 Å². The van der Waals surface area contributed by atoms with Gasteiger partial charge in [0.2, 0.25) is 5.60 Å². The Bertz CT molecular complexity index is 841. The highest BCUT2D eigenvalue weighted by atomic mass is 35.5. The lowest BCUT2D eigenvalue weighted by molar-refractivity contribution is -0.254. The highest BCUT2D eigenvalue weighted by molar-refractivity contribution is 6.34. The summed E-state index contributed by atoms with van der Waals surface area (Å²) in [5.41, 5.74) is -0.946. The Kier molecular flexibility index (Phi) is 4.84. The number of rotatable bonds is 2. The van der Waals surface area contributed by atoms with Gasteiger partial charge in [-0.1, -0.05) is 46.9 Å². The molecular weight excluding hydrogens is 396 g/mol. The van der Waals surface area contributed by atoms with E-state index in [0.717, 1.165) is 11.6 Å². The van der Waals surface area contributed by atoms with Crippen LogP contribution in [-0.4, -0.2) is 12.8 Å². The van der Waals surface area contributed by atoms with Gasteiger partial charge in [0.1, 0.15) is 0 Å². The van der Waals surface area contributed by atoms with Crippen LogP contribution in [0.2, 0.25) is 15.1 Å². The second kappa shape index (κ2) is 6.51. The van der Waals surface area contributed by atoms with E-state index in [9.17, 15) is 13.2 Å². The Hall–Kier alpha value is -1.20. The largest absolute Gasteiger partial charge is 0.425 e. The summed E-state index contributed by atoms with van der Waals surface area (Å²) in [5.74, 6) is 0. The van der Waals surface area contributed by atoms with Crippen molar-refractivity contribution in [3.63, 3.8) is 0 Å². The molecule has 0 saturated heterocycles. The topological polar surface area (TPSA) is 9.23 Å². The Morgan fingerprint density at radius 1 is 1.00 bits per heavy atom. The third-order valence-corrected chi connectivity index (χ3v) is 4.93. The lowest BCUT2D eigenvalue weighted by atomic mass is 9.91. The Morgan fingerprint density at radius 2 is 1.64 bits per heavy atom. The van der Waals surface area contributed by atoms with Crippen molar-refractivity contribution < 1.29 is 17.9 Å². The number of hydrogen-bond donors (Lipinski definition) is 0. The first-order valence-corrected chi connectivity index (χ1v) is 8.41. The fourth-order valence-electron chi connectivity index (χ4n) is 2.74. The molecule has 2 aromatic carbocycles. The molecule has 1 unspecified atom stereocenters. The first-order valence-electron chi connectivity index (χ1n) is 7.28. The van der Waals surface area contributed by atoms with E-state index in [1.165, 1.54) is 18.2 Å². The van der Waals surface area contributed by atoms with Crippen molar-refractivity contribution in [1.29, 1.82) is 0 Å². The van der Waals surface area contributed by atoms with E-state index in [0.29, 0.717) is 16.2 Å². The highest BCUT2D eigenvalue weighted by Gasteiger charge is 2.58. The van der Waals surface area contributed by atoms with Crippen molar-refractivity contribution in [2.75, 3.05) is 6.61 Å². The highest BCUT2D eigenvalue weighted by Crippen LogP contribution is 2.49. The van der Waals surface area contributed by atoms with E-state index in [1.807, 2.05) is 6.92 Å². The molecule has 1 heterocycles. The summed E-state index contributed by atoms with van der Waals surface area (Å²) in [6.45, 7) is 1.61. The van der Waals surface area contributed by atoms with Gasteiger partial charge in [0.25, 0.3) is 0 Å². The SMILES string of the molecule is Cc1ccc(C2=CC(c3cc(Cl)cc(Cl)c3)(C(F)(F)F)OC2)cc1Cl. The quantitative estimate of drug-likeness (QED) is 0.530. The fourth-order valence-corrected chi connectivity index (χ4v) is 3.45. The molecule has 1 nitrogen and oxygen atoms in total. The normalized spacial score (nSPS) is 20.7. The molecule has 1 aliphatic heterocycles. The third kappa shape index (κ3) is 3.41. The molecule has 0 radical (unpaired) electrons. The molecule has 3 rings (SSSR count). The van der Waals surface area contributed by atoms with Crippen LogP contribution in [0.25, 0.3) is 5.57 Å². The predicted molar refractivity (Wildman–Crippen MR) is 94.3 cm³/mol. The second-order valence-electron chi connectivity index (χ2n) is 5.81. The van der Waals surface area contributed by atoms with Crippen molar-refractivity contribution in [3.8, 4) is 0 Å². The van der Waals surface area contributed by atoms with Gasteiger partial charge in [-0.3, -0.25) is 0 Å². The van der Waals surface area contributed by atoms with E-state index >= 15 is 0 Å². The van der Waals surface area contributed by atoms with Crippen LogP contribution in [0.3, 0.4) is 0 Å². The maximum Gasteiger partial charge on any atom is 0.425 e. The minimum absolute atomic E-state index is 0.106. The van der Waals surface area contributed by atoms with Gasteiger partial charge < -0.3 is 4.74 Å². The van der Waals surface area contributed by atoms with Gasteiger partial charge in [-0.25, -0.2) is 0 Å². The molecule has 2 aromatic rings. The van der Waals surface area contributed by atoms with Crippen LogP contribution in [0.1, 0.15) is 16.7 Å². The zero-order valence-corrected chi connectivity index (χ0v) is 15.2. The molecule has 1 aliphatic rings. The lowest BCUT2D eigenvalue weighted by Gasteiger charge is -2.30. The Balaban J connectivity index is 2.15. The van der Waals surface area contributed by atoms with Gasteiger partial charge in [-0.15, -0.1) is 0 Å². The van der Waals surface area contributed by atoms with E-state index in [1.54, 1.807) is 18.2 Å². The van der Waals surface area contributed by atoms with Crippen molar-refractivity contribution in [2.24, 2.45) is 0 Å². The summed E-state index contributed by atoms with van der Waals surface area (Å²) in [6, 6.07) is 8.89. The van der Waals surface area contributed by atoms with Gasteiger partial charge in [0.05, 0.1) is 6.61 Å².